The van der Waals surface area contributed by atoms with E-state index in [1.807, 2.05) is 12.1 Å². The summed E-state index contributed by atoms with van der Waals surface area (Å²) in [6.45, 7) is -0.542. The fourth-order valence-electron chi connectivity index (χ4n) is 3.71. The maximum absolute atomic E-state index is 14.6. The van der Waals surface area contributed by atoms with Gasteiger partial charge in [0.25, 0.3) is 0 Å². The van der Waals surface area contributed by atoms with Gasteiger partial charge in [0.2, 0.25) is 0 Å². The molecule has 4 rings (SSSR count). The van der Waals surface area contributed by atoms with Gasteiger partial charge >= 0.3 is 12.1 Å². The zero-order chi connectivity index (χ0) is 23.6. The largest absolute Gasteiger partial charge is 0.484 e. The van der Waals surface area contributed by atoms with E-state index in [-0.39, 0.29) is 22.9 Å². The molecular weight excluding hydrogens is 442 g/mol. The van der Waals surface area contributed by atoms with Crippen LogP contribution in [0.1, 0.15) is 27.5 Å². The number of anilines is 1. The van der Waals surface area contributed by atoms with Crippen LogP contribution in [0.15, 0.2) is 54.9 Å². The Labute approximate surface area is 186 Å². The second kappa shape index (κ2) is 9.07. The Morgan fingerprint density at radius 3 is 2.76 bits per heavy atom. The summed E-state index contributed by atoms with van der Waals surface area (Å²) in [5, 5.41) is 15.7. The Kier molecular flexibility index (Phi) is 6.19. The lowest BCUT2D eigenvalue weighted by Crippen LogP contribution is -2.22. The first-order valence-electron chi connectivity index (χ1n) is 9.98. The average Bonchev–Trinajstić information content (AvgIpc) is 3.18. The molecule has 172 valence electrons. The molecular formula is C23H19F4N3O3. The van der Waals surface area contributed by atoms with Gasteiger partial charge in [0.15, 0.2) is 6.61 Å². The predicted octanol–water partition coefficient (Wildman–Crippen LogP) is 4.78. The van der Waals surface area contributed by atoms with Crippen molar-refractivity contribution < 1.29 is 32.2 Å². The molecule has 0 saturated carbocycles. The number of nitrogens with zero attached hydrogens (tertiary/aromatic N) is 1. The predicted molar refractivity (Wildman–Crippen MR) is 113 cm³/mol. The number of aromatic carboxylic acids is 1. The number of carbonyl (C=O) groups is 1. The molecule has 0 saturated heterocycles. The summed E-state index contributed by atoms with van der Waals surface area (Å²) in [5.41, 5.74) is 3.30. The Hall–Kier alpha value is -3.66. The number of carboxylic acid groups (broad SMARTS) is 1. The smallest absolute Gasteiger partial charge is 0.422 e. The number of halogens is 4. The molecule has 0 spiro atoms. The molecule has 0 aliphatic carbocycles. The Morgan fingerprint density at radius 1 is 1.21 bits per heavy atom. The van der Waals surface area contributed by atoms with Crippen LogP contribution in [0.5, 0.6) is 5.75 Å². The van der Waals surface area contributed by atoms with Gasteiger partial charge in [-0.1, -0.05) is 12.1 Å². The van der Waals surface area contributed by atoms with Gasteiger partial charge in [0.05, 0.1) is 23.5 Å². The van der Waals surface area contributed by atoms with Crippen LogP contribution in [0.2, 0.25) is 0 Å². The minimum Gasteiger partial charge on any atom is -0.484 e. The van der Waals surface area contributed by atoms with Crippen LogP contribution in [-0.4, -0.2) is 35.4 Å². The first kappa shape index (κ1) is 22.5. The van der Waals surface area contributed by atoms with E-state index >= 15 is 0 Å². The number of ether oxygens (including phenoxy) is 1. The summed E-state index contributed by atoms with van der Waals surface area (Å²) in [6, 6.07) is 10.4. The molecule has 0 amide bonds. The number of nitrogens with one attached hydrogen (secondary N) is 2. The van der Waals surface area contributed by atoms with E-state index in [1.54, 1.807) is 6.07 Å². The number of hydrogen-bond donors (Lipinski definition) is 3. The molecule has 1 unspecified atom stereocenters. The summed E-state index contributed by atoms with van der Waals surface area (Å²) in [6.07, 6.45) is -1.64. The zero-order valence-electron chi connectivity index (χ0n) is 17.1. The SMILES string of the molecule is O=C(O)c1ccncc1NCC1NCc2cc(-c3ccc(OCC(F)(F)F)cc3F)ccc21. The fraction of sp³-hybridized carbons (Fsp3) is 0.217. The van der Waals surface area contributed by atoms with Crippen molar-refractivity contribution in [2.45, 2.75) is 18.8 Å². The molecule has 3 N–H and O–H groups in total. The van der Waals surface area contributed by atoms with Gasteiger partial charge in [-0.2, -0.15) is 13.2 Å². The zero-order valence-corrected chi connectivity index (χ0v) is 17.1. The number of carboxylic acids is 1. The van der Waals surface area contributed by atoms with Gasteiger partial charge in [-0.15, -0.1) is 0 Å². The summed E-state index contributed by atoms with van der Waals surface area (Å²) in [7, 11) is 0. The van der Waals surface area contributed by atoms with Crippen LogP contribution in [0.25, 0.3) is 11.1 Å². The number of alkyl halides is 3. The lowest BCUT2D eigenvalue weighted by molar-refractivity contribution is -0.153. The molecule has 2 heterocycles. The molecule has 1 aromatic heterocycles. The Morgan fingerprint density at radius 2 is 2.03 bits per heavy atom. The van der Waals surface area contributed by atoms with E-state index in [4.69, 9.17) is 0 Å². The minimum atomic E-state index is -4.50. The van der Waals surface area contributed by atoms with E-state index < -0.39 is 24.6 Å². The average molecular weight is 461 g/mol. The minimum absolute atomic E-state index is 0.0982. The van der Waals surface area contributed by atoms with E-state index in [0.29, 0.717) is 24.3 Å². The number of fused-ring (bicyclic) bond motifs is 1. The van der Waals surface area contributed by atoms with Gasteiger partial charge in [-0.25, -0.2) is 9.18 Å². The first-order chi connectivity index (χ1) is 15.7. The topological polar surface area (TPSA) is 83.5 Å². The third kappa shape index (κ3) is 5.23. The quantitative estimate of drug-likeness (QED) is 0.439. The van der Waals surface area contributed by atoms with Crippen molar-refractivity contribution in [3.8, 4) is 16.9 Å². The van der Waals surface area contributed by atoms with Crippen molar-refractivity contribution in [1.29, 1.82) is 0 Å². The van der Waals surface area contributed by atoms with Crippen LogP contribution in [0, 0.1) is 5.82 Å². The molecule has 6 nitrogen and oxygen atoms in total. The van der Waals surface area contributed by atoms with Crippen LogP contribution in [0.3, 0.4) is 0 Å². The van der Waals surface area contributed by atoms with E-state index in [2.05, 4.69) is 20.4 Å². The third-order valence-electron chi connectivity index (χ3n) is 5.26. The van der Waals surface area contributed by atoms with Gasteiger partial charge in [0, 0.05) is 30.9 Å². The molecule has 1 aliphatic rings. The van der Waals surface area contributed by atoms with Crippen molar-refractivity contribution in [2.75, 3.05) is 18.5 Å². The molecule has 0 fully saturated rings. The molecule has 0 radical (unpaired) electrons. The Bertz CT molecular complexity index is 1180. The van der Waals surface area contributed by atoms with E-state index in [9.17, 15) is 27.5 Å². The highest BCUT2D eigenvalue weighted by Crippen LogP contribution is 2.33. The third-order valence-corrected chi connectivity index (χ3v) is 5.26. The summed E-state index contributed by atoms with van der Waals surface area (Å²) in [4.78, 5) is 15.3. The van der Waals surface area contributed by atoms with Gasteiger partial charge in [0.1, 0.15) is 11.6 Å². The highest BCUT2D eigenvalue weighted by atomic mass is 19.4. The Balaban J connectivity index is 1.47. The van der Waals surface area contributed by atoms with E-state index in [1.165, 1.54) is 30.6 Å². The highest BCUT2D eigenvalue weighted by molar-refractivity contribution is 5.93. The molecule has 0 bridgehead atoms. The summed E-state index contributed by atoms with van der Waals surface area (Å²) in [5.74, 6) is -1.93. The van der Waals surface area contributed by atoms with E-state index in [0.717, 1.165) is 17.2 Å². The lowest BCUT2D eigenvalue weighted by Gasteiger charge is -2.16. The van der Waals surface area contributed by atoms with Crippen molar-refractivity contribution in [1.82, 2.24) is 10.3 Å². The van der Waals surface area contributed by atoms with Crippen molar-refractivity contribution in [3.63, 3.8) is 0 Å². The van der Waals surface area contributed by atoms with Crippen molar-refractivity contribution in [3.05, 3.63) is 77.4 Å². The normalized spacial score (nSPS) is 15.2. The maximum Gasteiger partial charge on any atom is 0.422 e. The van der Waals surface area contributed by atoms with Crippen LogP contribution in [-0.2, 0) is 6.54 Å². The van der Waals surface area contributed by atoms with Crippen molar-refractivity contribution >= 4 is 11.7 Å². The number of aromatic nitrogens is 1. The number of rotatable bonds is 7. The van der Waals surface area contributed by atoms with Gasteiger partial charge < -0.3 is 20.5 Å². The molecule has 1 atom stereocenters. The number of pyridine rings is 1. The highest BCUT2D eigenvalue weighted by Gasteiger charge is 2.28. The lowest BCUT2D eigenvalue weighted by atomic mass is 9.97. The standard InChI is InChI=1S/C23H19F4N3O3/c24-19-8-15(33-12-23(25,26)27)2-4-16(19)13-1-3-17-14(7-13)9-29-21(17)11-30-20-10-28-6-5-18(20)22(31)32/h1-8,10,21,29-30H,9,11-12H2,(H,31,32). The second-order valence-electron chi connectivity index (χ2n) is 7.50. The molecule has 10 heteroatoms. The first-order valence-corrected chi connectivity index (χ1v) is 9.98. The maximum atomic E-state index is 14.6. The molecule has 1 aliphatic heterocycles. The summed E-state index contributed by atoms with van der Waals surface area (Å²) >= 11 is 0. The fourth-order valence-corrected chi connectivity index (χ4v) is 3.71. The summed E-state index contributed by atoms with van der Waals surface area (Å²) < 4.78 is 56.0. The number of hydrogen-bond acceptors (Lipinski definition) is 5. The second-order valence-corrected chi connectivity index (χ2v) is 7.50. The molecule has 33 heavy (non-hydrogen) atoms. The number of benzene rings is 2. The molecule has 3 aromatic rings. The van der Waals surface area contributed by atoms with Crippen LogP contribution >= 0.6 is 0 Å². The van der Waals surface area contributed by atoms with Crippen LogP contribution < -0.4 is 15.4 Å². The van der Waals surface area contributed by atoms with Gasteiger partial charge in [-0.05, 0) is 41.0 Å². The monoisotopic (exact) mass is 461 g/mol. The van der Waals surface area contributed by atoms with Gasteiger partial charge in [-0.3, -0.25) is 4.98 Å². The van der Waals surface area contributed by atoms with Crippen molar-refractivity contribution in [2.24, 2.45) is 0 Å². The molecule has 2 aromatic carbocycles. The van der Waals surface area contributed by atoms with Crippen LogP contribution in [0.4, 0.5) is 23.2 Å².